The van der Waals surface area contributed by atoms with Crippen molar-refractivity contribution in [2.24, 2.45) is 0 Å². The molecule has 0 bridgehead atoms. The Hall–Kier alpha value is -0.830. The van der Waals surface area contributed by atoms with Crippen molar-refractivity contribution >= 4 is 34.1 Å². The summed E-state index contributed by atoms with van der Waals surface area (Å²) in [5, 5.41) is 1.93. The first kappa shape index (κ1) is 14.1. The number of likely N-dealkylation sites (N-methyl/N-ethyl adjacent to an activating group) is 1. The lowest BCUT2D eigenvalue weighted by molar-refractivity contribution is 0.265. The minimum Gasteiger partial charge on any atom is -0.299 e. The summed E-state index contributed by atoms with van der Waals surface area (Å²) in [6.45, 7) is 7.33. The van der Waals surface area contributed by atoms with Crippen molar-refractivity contribution in [1.29, 1.82) is 0 Å². The first-order valence-electron chi connectivity index (χ1n) is 7.03. The SMILES string of the molecule is CCN1CCc2nc3c(C)c(Cl)ccc3c(CCl)c2C1. The number of nitrogens with zero attached hydrogens (tertiary/aromatic N) is 2. The summed E-state index contributed by atoms with van der Waals surface area (Å²) in [5.41, 5.74) is 5.81. The lowest BCUT2D eigenvalue weighted by atomic mass is 9.95. The molecule has 2 aromatic rings. The third-order valence-corrected chi connectivity index (χ3v) is 4.95. The third kappa shape index (κ3) is 2.20. The van der Waals surface area contributed by atoms with Crippen LogP contribution in [0.25, 0.3) is 10.9 Å². The van der Waals surface area contributed by atoms with Crippen molar-refractivity contribution < 1.29 is 0 Å². The molecule has 3 rings (SSSR count). The highest BCUT2D eigenvalue weighted by Crippen LogP contribution is 2.32. The molecule has 2 heterocycles. The standard InChI is InChI=1S/C16H18Cl2N2/c1-3-20-7-6-15-13(9-20)12(8-17)11-4-5-14(18)10(2)16(11)19-15/h4-5H,3,6-9H2,1-2H3. The molecule has 0 saturated carbocycles. The molecule has 0 fully saturated rings. The lowest BCUT2D eigenvalue weighted by Gasteiger charge is -2.29. The minimum atomic E-state index is 0.528. The fourth-order valence-electron chi connectivity index (χ4n) is 2.99. The predicted molar refractivity (Wildman–Crippen MR) is 85.7 cm³/mol. The number of fused-ring (bicyclic) bond motifs is 2. The molecular formula is C16H18Cl2N2. The lowest BCUT2D eigenvalue weighted by Crippen LogP contribution is -2.31. The molecule has 4 heteroatoms. The molecule has 0 atom stereocenters. The number of hydrogen-bond acceptors (Lipinski definition) is 2. The second-order valence-electron chi connectivity index (χ2n) is 5.34. The number of aromatic nitrogens is 1. The molecule has 1 aromatic carbocycles. The monoisotopic (exact) mass is 308 g/mol. The van der Waals surface area contributed by atoms with Gasteiger partial charge in [0.05, 0.1) is 5.52 Å². The van der Waals surface area contributed by atoms with Crippen LogP contribution in [0.4, 0.5) is 0 Å². The molecule has 0 N–H and O–H groups in total. The second-order valence-corrected chi connectivity index (χ2v) is 6.01. The van der Waals surface area contributed by atoms with E-state index in [-0.39, 0.29) is 0 Å². The van der Waals surface area contributed by atoms with Gasteiger partial charge in [-0.25, -0.2) is 0 Å². The number of rotatable bonds is 2. The first-order valence-corrected chi connectivity index (χ1v) is 7.94. The van der Waals surface area contributed by atoms with Crippen LogP contribution in [-0.2, 0) is 18.8 Å². The molecule has 0 amide bonds. The highest BCUT2D eigenvalue weighted by Gasteiger charge is 2.22. The Morgan fingerprint density at radius 2 is 2.15 bits per heavy atom. The quantitative estimate of drug-likeness (QED) is 0.768. The van der Waals surface area contributed by atoms with Crippen LogP contribution in [0.1, 0.15) is 29.3 Å². The van der Waals surface area contributed by atoms with Crippen LogP contribution in [0.15, 0.2) is 12.1 Å². The van der Waals surface area contributed by atoms with E-state index in [1.54, 1.807) is 0 Å². The molecule has 20 heavy (non-hydrogen) atoms. The van der Waals surface area contributed by atoms with E-state index in [2.05, 4.69) is 17.9 Å². The van der Waals surface area contributed by atoms with Crippen molar-refractivity contribution in [3.05, 3.63) is 39.5 Å². The maximum absolute atomic E-state index is 6.25. The summed E-state index contributed by atoms with van der Waals surface area (Å²) in [6.07, 6.45) is 0.995. The highest BCUT2D eigenvalue weighted by molar-refractivity contribution is 6.32. The Kier molecular flexibility index (Phi) is 3.89. The van der Waals surface area contributed by atoms with Gasteiger partial charge in [-0.2, -0.15) is 0 Å². The van der Waals surface area contributed by atoms with Gasteiger partial charge in [-0.05, 0) is 36.2 Å². The molecule has 0 radical (unpaired) electrons. The van der Waals surface area contributed by atoms with Crippen molar-refractivity contribution in [1.82, 2.24) is 9.88 Å². The first-order chi connectivity index (χ1) is 9.65. The average Bonchev–Trinajstić information content (AvgIpc) is 2.48. The molecule has 106 valence electrons. The summed E-state index contributed by atoms with van der Waals surface area (Å²) in [6, 6.07) is 4.00. The predicted octanol–water partition coefficient (Wildman–Crippen LogP) is 4.31. The van der Waals surface area contributed by atoms with Gasteiger partial charge in [-0.15, -0.1) is 11.6 Å². The number of alkyl halides is 1. The van der Waals surface area contributed by atoms with Gasteiger partial charge in [0.25, 0.3) is 0 Å². The van der Waals surface area contributed by atoms with Crippen molar-refractivity contribution in [3.8, 4) is 0 Å². The summed E-state index contributed by atoms with van der Waals surface area (Å²) < 4.78 is 0. The molecule has 0 spiro atoms. The van der Waals surface area contributed by atoms with Crippen LogP contribution in [0.2, 0.25) is 5.02 Å². The number of halogens is 2. The zero-order chi connectivity index (χ0) is 14.3. The Labute approximate surface area is 129 Å². The summed E-state index contributed by atoms with van der Waals surface area (Å²) in [5.74, 6) is 0.528. The fourth-order valence-corrected chi connectivity index (χ4v) is 3.44. The Bertz CT molecular complexity index is 667. The molecule has 2 nitrogen and oxygen atoms in total. The van der Waals surface area contributed by atoms with Crippen LogP contribution in [-0.4, -0.2) is 23.0 Å². The Morgan fingerprint density at radius 1 is 1.35 bits per heavy atom. The highest BCUT2D eigenvalue weighted by atomic mass is 35.5. The van der Waals surface area contributed by atoms with Gasteiger partial charge in [0.1, 0.15) is 0 Å². The smallest absolute Gasteiger partial charge is 0.0752 e. The normalized spacial score (nSPS) is 15.6. The minimum absolute atomic E-state index is 0.528. The van der Waals surface area contributed by atoms with Gasteiger partial charge < -0.3 is 0 Å². The van der Waals surface area contributed by atoms with Crippen molar-refractivity contribution in [2.75, 3.05) is 13.1 Å². The van der Waals surface area contributed by atoms with Gasteiger partial charge in [0.15, 0.2) is 0 Å². The fraction of sp³-hybridized carbons (Fsp3) is 0.438. The molecule has 1 aliphatic rings. The molecule has 1 aliphatic heterocycles. The van der Waals surface area contributed by atoms with Crippen molar-refractivity contribution in [2.45, 2.75) is 32.7 Å². The van der Waals surface area contributed by atoms with E-state index < -0.39 is 0 Å². The maximum atomic E-state index is 6.25. The molecule has 0 aliphatic carbocycles. The van der Waals surface area contributed by atoms with E-state index in [9.17, 15) is 0 Å². The zero-order valence-corrected chi connectivity index (χ0v) is 13.4. The van der Waals surface area contributed by atoms with Gasteiger partial charge >= 0.3 is 0 Å². The van der Waals surface area contributed by atoms with Gasteiger partial charge in [-0.3, -0.25) is 9.88 Å². The van der Waals surface area contributed by atoms with E-state index in [1.165, 1.54) is 16.8 Å². The van der Waals surface area contributed by atoms with Crippen LogP contribution in [0.5, 0.6) is 0 Å². The van der Waals surface area contributed by atoms with Crippen LogP contribution in [0.3, 0.4) is 0 Å². The second kappa shape index (κ2) is 5.51. The summed E-state index contributed by atoms with van der Waals surface area (Å²) >= 11 is 12.5. The topological polar surface area (TPSA) is 16.1 Å². The number of pyridine rings is 1. The van der Waals surface area contributed by atoms with E-state index in [0.29, 0.717) is 5.88 Å². The third-order valence-electron chi connectivity index (χ3n) is 4.28. The van der Waals surface area contributed by atoms with Gasteiger partial charge in [-0.1, -0.05) is 24.6 Å². The van der Waals surface area contributed by atoms with E-state index in [0.717, 1.165) is 47.5 Å². The molecular weight excluding hydrogens is 291 g/mol. The van der Waals surface area contributed by atoms with E-state index in [1.807, 2.05) is 13.0 Å². The van der Waals surface area contributed by atoms with Crippen LogP contribution in [0, 0.1) is 6.92 Å². The van der Waals surface area contributed by atoms with Gasteiger partial charge in [0.2, 0.25) is 0 Å². The molecule has 0 saturated heterocycles. The summed E-state index contributed by atoms with van der Waals surface area (Å²) in [7, 11) is 0. The molecule has 1 aromatic heterocycles. The zero-order valence-electron chi connectivity index (χ0n) is 11.8. The number of benzene rings is 1. The van der Waals surface area contributed by atoms with Gasteiger partial charge in [0, 0.05) is 41.5 Å². The molecule has 0 unspecified atom stereocenters. The maximum Gasteiger partial charge on any atom is 0.0752 e. The Balaban J connectivity index is 2.28. The number of aryl methyl sites for hydroxylation is 1. The van der Waals surface area contributed by atoms with Crippen LogP contribution >= 0.6 is 23.2 Å². The summed E-state index contributed by atoms with van der Waals surface area (Å²) in [4.78, 5) is 7.32. The largest absolute Gasteiger partial charge is 0.299 e. The van der Waals surface area contributed by atoms with Crippen LogP contribution < -0.4 is 0 Å². The van der Waals surface area contributed by atoms with E-state index >= 15 is 0 Å². The van der Waals surface area contributed by atoms with E-state index in [4.69, 9.17) is 28.2 Å². The Morgan fingerprint density at radius 3 is 2.85 bits per heavy atom. The van der Waals surface area contributed by atoms with Crippen molar-refractivity contribution in [3.63, 3.8) is 0 Å². The average molecular weight is 309 g/mol. The number of hydrogen-bond donors (Lipinski definition) is 0.